The molecule has 0 saturated heterocycles. The van der Waals surface area contributed by atoms with Crippen LogP contribution in [-0.2, 0) is 19.6 Å². The first-order valence-corrected chi connectivity index (χ1v) is 13.8. The molecule has 1 aliphatic rings. The third kappa shape index (κ3) is 5.83. The summed E-state index contributed by atoms with van der Waals surface area (Å²) in [6.07, 6.45) is -2.79. The van der Waals surface area contributed by atoms with Gasteiger partial charge in [0.1, 0.15) is 18.2 Å². The molecule has 0 bridgehead atoms. The van der Waals surface area contributed by atoms with Gasteiger partial charge in [-0.05, 0) is 24.3 Å². The van der Waals surface area contributed by atoms with Crippen molar-refractivity contribution in [1.82, 2.24) is 14.8 Å². The molecule has 0 amide bonds. The Morgan fingerprint density at radius 3 is 2.37 bits per heavy atom. The van der Waals surface area contributed by atoms with Crippen molar-refractivity contribution >= 4 is 45.9 Å². The van der Waals surface area contributed by atoms with E-state index in [1.54, 1.807) is 4.98 Å². The highest BCUT2D eigenvalue weighted by Crippen LogP contribution is 2.40. The summed E-state index contributed by atoms with van der Waals surface area (Å²) in [5, 5.41) is 2.99. The fraction of sp³-hybridized carbons (Fsp3) is 0.292. The molecule has 1 N–H and O–H groups in total. The Balaban J connectivity index is 1.65. The van der Waals surface area contributed by atoms with E-state index in [2.05, 4.69) is 16.6 Å². The number of benzene rings is 2. The lowest BCUT2D eigenvalue weighted by molar-refractivity contribution is -0.430. The molecular formula is C24H21Cl2F2N4O8S+. The van der Waals surface area contributed by atoms with Gasteiger partial charge < -0.3 is 14.2 Å². The SMILES string of the molecule is C=[N+](C1CC(C(=O)OC)C1)S(=O)(=O)c1cc(Oc2c(Cl)cc(-n3nc(C(F)F)c(=O)[nH]c3=O)cc2Cl)ccc1OC. The maximum absolute atomic E-state index is 13.4. The van der Waals surface area contributed by atoms with Crippen molar-refractivity contribution in [3.05, 3.63) is 66.9 Å². The first-order chi connectivity index (χ1) is 19.3. The molecule has 0 unspecified atom stereocenters. The van der Waals surface area contributed by atoms with Gasteiger partial charge in [0.2, 0.25) is 0 Å². The molecule has 17 heteroatoms. The summed E-state index contributed by atoms with van der Waals surface area (Å²) in [7, 11) is -1.71. The first kappa shape index (κ1) is 30.1. The van der Waals surface area contributed by atoms with Crippen molar-refractivity contribution in [2.75, 3.05) is 14.2 Å². The molecule has 4 rings (SSSR count). The number of esters is 1. The van der Waals surface area contributed by atoms with Gasteiger partial charge in [0.25, 0.3) is 12.0 Å². The van der Waals surface area contributed by atoms with Crippen molar-refractivity contribution in [3.8, 4) is 22.9 Å². The molecular weight excluding hydrogens is 613 g/mol. The van der Waals surface area contributed by atoms with E-state index in [1.807, 2.05) is 0 Å². The van der Waals surface area contributed by atoms with E-state index < -0.39 is 51.3 Å². The van der Waals surface area contributed by atoms with Crippen molar-refractivity contribution in [1.29, 1.82) is 0 Å². The highest BCUT2D eigenvalue weighted by molar-refractivity contribution is 7.85. The van der Waals surface area contributed by atoms with Gasteiger partial charge in [-0.15, -0.1) is 3.98 Å². The van der Waals surface area contributed by atoms with Gasteiger partial charge >= 0.3 is 21.7 Å². The number of halogens is 4. The maximum Gasteiger partial charge on any atom is 0.398 e. The molecule has 3 aromatic rings. The highest BCUT2D eigenvalue weighted by atomic mass is 35.5. The second-order valence-electron chi connectivity index (χ2n) is 8.75. The Kier molecular flexibility index (Phi) is 8.52. The van der Waals surface area contributed by atoms with Crippen LogP contribution < -0.4 is 20.7 Å². The summed E-state index contributed by atoms with van der Waals surface area (Å²) >= 11 is 12.6. The van der Waals surface area contributed by atoms with Crippen LogP contribution in [0.1, 0.15) is 25.0 Å². The Morgan fingerprint density at radius 2 is 1.80 bits per heavy atom. The summed E-state index contributed by atoms with van der Waals surface area (Å²) in [6, 6.07) is 5.57. The highest BCUT2D eigenvalue weighted by Gasteiger charge is 2.47. The summed E-state index contributed by atoms with van der Waals surface area (Å²) in [6.45, 7) is 3.66. The summed E-state index contributed by atoms with van der Waals surface area (Å²) < 4.78 is 70.1. The minimum Gasteiger partial charge on any atom is -0.495 e. The zero-order chi connectivity index (χ0) is 30.2. The molecule has 1 heterocycles. The van der Waals surface area contributed by atoms with Crippen LogP contribution in [-0.4, -0.2) is 60.1 Å². The molecule has 218 valence electrons. The Morgan fingerprint density at radius 1 is 1.17 bits per heavy atom. The lowest BCUT2D eigenvalue weighted by Gasteiger charge is -2.29. The van der Waals surface area contributed by atoms with Gasteiger partial charge in [0.05, 0.1) is 35.9 Å². The molecule has 1 fully saturated rings. The standard InChI is InChI=1S/C24H20Cl2F2N4O8S/c1-31(12-6-11(7-12)23(34)39-3)41(36,37)18-10-14(4-5-17(18)38-2)40-20-15(25)8-13(9-16(20)26)32-24(35)29-22(33)19(30-32)21(27)28/h4-5,8-12,21H,1,6-7H2,2-3H3/p+1. The van der Waals surface area contributed by atoms with E-state index >= 15 is 0 Å². The predicted octanol–water partition coefficient (Wildman–Crippen LogP) is 3.32. The molecule has 1 saturated carbocycles. The quantitative estimate of drug-likeness (QED) is 0.213. The number of aromatic amines is 1. The minimum atomic E-state index is -4.23. The minimum absolute atomic E-state index is 0.0132. The third-order valence-electron chi connectivity index (χ3n) is 6.28. The lowest BCUT2D eigenvalue weighted by atomic mass is 9.81. The van der Waals surface area contributed by atoms with Crippen molar-refractivity contribution in [3.63, 3.8) is 0 Å². The molecule has 1 aromatic heterocycles. The van der Waals surface area contributed by atoms with Crippen LogP contribution in [0.4, 0.5) is 8.78 Å². The zero-order valence-electron chi connectivity index (χ0n) is 21.3. The zero-order valence-corrected chi connectivity index (χ0v) is 23.6. The van der Waals surface area contributed by atoms with E-state index in [0.29, 0.717) is 4.68 Å². The molecule has 0 aliphatic heterocycles. The van der Waals surface area contributed by atoms with E-state index in [4.69, 9.17) is 32.7 Å². The number of sulfonamides is 1. The monoisotopic (exact) mass is 633 g/mol. The van der Waals surface area contributed by atoms with Crippen molar-refractivity contribution < 1.29 is 40.2 Å². The summed E-state index contributed by atoms with van der Waals surface area (Å²) in [5.74, 6) is -1.08. The molecule has 1 aliphatic carbocycles. The van der Waals surface area contributed by atoms with Gasteiger partial charge in [0, 0.05) is 18.9 Å². The number of aromatic nitrogens is 3. The van der Waals surface area contributed by atoms with E-state index in [9.17, 15) is 31.6 Å². The number of ether oxygens (including phenoxy) is 3. The normalized spacial score (nSPS) is 16.7. The van der Waals surface area contributed by atoms with Crippen LogP contribution >= 0.6 is 23.2 Å². The molecule has 0 atom stereocenters. The Hall–Kier alpha value is -3.82. The summed E-state index contributed by atoms with van der Waals surface area (Å²) in [5.41, 5.74) is -3.81. The Labute approximate surface area is 240 Å². The maximum atomic E-state index is 13.4. The second-order valence-corrected chi connectivity index (χ2v) is 11.4. The number of hydrogen-bond donors (Lipinski definition) is 1. The van der Waals surface area contributed by atoms with E-state index in [-0.39, 0.29) is 50.7 Å². The van der Waals surface area contributed by atoms with Crippen LogP contribution in [0.15, 0.2) is 44.8 Å². The number of carbonyl (C=O) groups is 1. The second kappa shape index (κ2) is 11.6. The Bertz CT molecular complexity index is 1750. The number of carbonyl (C=O) groups excluding carboxylic acids is 1. The number of nitrogens with one attached hydrogen (secondary N) is 1. The fourth-order valence-corrected chi connectivity index (χ4v) is 6.08. The number of hydrogen-bond acceptors (Lipinski definition) is 9. The van der Waals surface area contributed by atoms with Gasteiger partial charge in [-0.1, -0.05) is 23.2 Å². The predicted molar refractivity (Wildman–Crippen MR) is 142 cm³/mol. The van der Waals surface area contributed by atoms with Crippen LogP contribution in [0.3, 0.4) is 0 Å². The van der Waals surface area contributed by atoms with Gasteiger partial charge in [-0.3, -0.25) is 14.6 Å². The third-order valence-corrected chi connectivity index (χ3v) is 8.64. The average Bonchev–Trinajstić information content (AvgIpc) is 2.89. The lowest BCUT2D eigenvalue weighted by Crippen LogP contribution is -2.44. The number of alkyl halides is 2. The molecule has 0 radical (unpaired) electrons. The molecule has 2 aromatic carbocycles. The molecule has 41 heavy (non-hydrogen) atoms. The van der Waals surface area contributed by atoms with Gasteiger partial charge in [-0.25, -0.2) is 13.6 Å². The van der Waals surface area contributed by atoms with Crippen LogP contribution in [0.2, 0.25) is 10.0 Å². The van der Waals surface area contributed by atoms with Crippen LogP contribution in [0.25, 0.3) is 5.69 Å². The van der Waals surface area contributed by atoms with E-state index in [1.165, 1.54) is 26.4 Å². The molecule has 12 nitrogen and oxygen atoms in total. The van der Waals surface area contributed by atoms with Crippen LogP contribution in [0, 0.1) is 5.92 Å². The number of rotatable bonds is 9. The topological polar surface area (TPSA) is 150 Å². The first-order valence-electron chi connectivity index (χ1n) is 11.6. The van der Waals surface area contributed by atoms with Crippen molar-refractivity contribution in [2.45, 2.75) is 30.2 Å². The van der Waals surface area contributed by atoms with E-state index in [0.717, 1.165) is 22.2 Å². The number of nitrogens with zero attached hydrogens (tertiary/aromatic N) is 3. The fourth-order valence-electron chi connectivity index (χ4n) is 4.04. The van der Waals surface area contributed by atoms with Crippen molar-refractivity contribution in [2.24, 2.45) is 5.92 Å². The van der Waals surface area contributed by atoms with Gasteiger partial charge in [0.15, 0.2) is 22.4 Å². The number of H-pyrrole nitrogens is 1. The van der Waals surface area contributed by atoms with Gasteiger partial charge in [-0.2, -0.15) is 18.2 Å². The average molecular weight is 634 g/mol. The smallest absolute Gasteiger partial charge is 0.398 e. The number of methoxy groups -OCH3 is 2. The summed E-state index contributed by atoms with van der Waals surface area (Å²) in [4.78, 5) is 36.9. The molecule has 0 spiro atoms. The largest absolute Gasteiger partial charge is 0.495 e. The van der Waals surface area contributed by atoms with Crippen LogP contribution in [0.5, 0.6) is 17.2 Å².